The third-order valence-corrected chi connectivity index (χ3v) is 5.32. The lowest BCUT2D eigenvalue weighted by atomic mass is 10.1. The number of para-hydroxylation sites is 1. The molecule has 0 heterocycles. The van der Waals surface area contributed by atoms with Crippen molar-refractivity contribution < 1.29 is 8.42 Å². The summed E-state index contributed by atoms with van der Waals surface area (Å²) >= 11 is 0. The Hall–Kier alpha value is -2.01. The Kier molecular flexibility index (Phi) is 4.23. The van der Waals surface area contributed by atoms with Gasteiger partial charge in [-0.1, -0.05) is 29.8 Å². The Morgan fingerprint density at radius 2 is 1.71 bits per heavy atom. The van der Waals surface area contributed by atoms with E-state index in [4.69, 9.17) is 0 Å². The van der Waals surface area contributed by atoms with Crippen LogP contribution in [0.15, 0.2) is 47.4 Å². The van der Waals surface area contributed by atoms with Crippen LogP contribution in [0.4, 0.5) is 11.4 Å². The Balaban J connectivity index is 2.53. The lowest BCUT2D eigenvalue weighted by Gasteiger charge is -2.23. The second kappa shape index (κ2) is 5.77. The van der Waals surface area contributed by atoms with Gasteiger partial charge in [0.05, 0.1) is 11.4 Å². The molecule has 0 spiro atoms. The van der Waals surface area contributed by atoms with Crippen molar-refractivity contribution >= 4 is 21.4 Å². The summed E-state index contributed by atoms with van der Waals surface area (Å²) in [5, 5.41) is 2.93. The molecule has 0 aliphatic carbocycles. The maximum absolute atomic E-state index is 12.8. The van der Waals surface area contributed by atoms with Crippen LogP contribution in [0.2, 0.25) is 0 Å². The predicted molar refractivity (Wildman–Crippen MR) is 87.5 cm³/mol. The Bertz CT molecular complexity index is 755. The molecule has 1 N–H and O–H groups in total. The molecule has 5 heteroatoms. The van der Waals surface area contributed by atoms with Gasteiger partial charge in [-0.25, -0.2) is 8.42 Å². The maximum atomic E-state index is 12.8. The van der Waals surface area contributed by atoms with Gasteiger partial charge in [-0.05, 0) is 37.6 Å². The molecule has 2 aromatic rings. The Morgan fingerprint density at radius 1 is 1.05 bits per heavy atom. The number of aryl methyl sites for hydroxylation is 2. The fraction of sp³-hybridized carbons (Fsp3) is 0.250. The molecule has 4 nitrogen and oxygen atoms in total. The fourth-order valence-electron chi connectivity index (χ4n) is 2.33. The summed E-state index contributed by atoms with van der Waals surface area (Å²) in [4.78, 5) is 0.273. The van der Waals surface area contributed by atoms with Gasteiger partial charge in [0.2, 0.25) is 0 Å². The van der Waals surface area contributed by atoms with E-state index in [-0.39, 0.29) is 4.90 Å². The largest absolute Gasteiger partial charge is 0.387 e. The molecular weight excluding hydrogens is 284 g/mol. The molecule has 0 radical (unpaired) electrons. The minimum absolute atomic E-state index is 0.273. The highest BCUT2D eigenvalue weighted by Gasteiger charge is 2.24. The SMILES string of the molecule is CNc1ccccc1S(=O)(=O)N(C)c1ccc(C)cc1C. The average molecular weight is 304 g/mol. The molecule has 0 aliphatic rings. The molecule has 0 aromatic heterocycles. The van der Waals surface area contributed by atoms with Crippen LogP contribution in [0.1, 0.15) is 11.1 Å². The summed E-state index contributed by atoms with van der Waals surface area (Å²) in [6.45, 7) is 3.90. The van der Waals surface area contributed by atoms with Crippen LogP contribution in [-0.2, 0) is 10.0 Å². The molecule has 0 aliphatic heterocycles. The van der Waals surface area contributed by atoms with Gasteiger partial charge in [-0.2, -0.15) is 0 Å². The molecule has 112 valence electrons. The second-order valence-corrected chi connectivity index (χ2v) is 6.95. The number of hydrogen-bond acceptors (Lipinski definition) is 3. The van der Waals surface area contributed by atoms with E-state index in [0.717, 1.165) is 11.1 Å². The van der Waals surface area contributed by atoms with Crippen LogP contribution in [-0.4, -0.2) is 22.5 Å². The topological polar surface area (TPSA) is 49.4 Å². The van der Waals surface area contributed by atoms with Crippen LogP contribution in [0.5, 0.6) is 0 Å². The quantitative estimate of drug-likeness (QED) is 0.944. The molecule has 0 saturated carbocycles. The van der Waals surface area contributed by atoms with Crippen LogP contribution >= 0.6 is 0 Å². The molecule has 2 aromatic carbocycles. The van der Waals surface area contributed by atoms with Gasteiger partial charge >= 0.3 is 0 Å². The molecule has 2 rings (SSSR count). The van der Waals surface area contributed by atoms with E-state index in [1.807, 2.05) is 38.1 Å². The molecule has 0 unspecified atom stereocenters. The van der Waals surface area contributed by atoms with Crippen molar-refractivity contribution in [3.05, 3.63) is 53.6 Å². The Morgan fingerprint density at radius 3 is 2.33 bits per heavy atom. The normalized spacial score (nSPS) is 11.2. The van der Waals surface area contributed by atoms with Crippen molar-refractivity contribution in [1.29, 1.82) is 0 Å². The fourth-order valence-corrected chi connectivity index (χ4v) is 3.79. The number of benzene rings is 2. The molecule has 0 bridgehead atoms. The zero-order chi connectivity index (χ0) is 15.6. The van der Waals surface area contributed by atoms with Crippen molar-refractivity contribution in [3.63, 3.8) is 0 Å². The van der Waals surface area contributed by atoms with Gasteiger partial charge in [-0.15, -0.1) is 0 Å². The summed E-state index contributed by atoms with van der Waals surface area (Å²) in [7, 11) is -0.303. The second-order valence-electron chi connectivity index (χ2n) is 5.01. The maximum Gasteiger partial charge on any atom is 0.266 e. The van der Waals surface area contributed by atoms with E-state index in [2.05, 4.69) is 5.32 Å². The van der Waals surface area contributed by atoms with Crippen molar-refractivity contribution in [2.45, 2.75) is 18.7 Å². The van der Waals surface area contributed by atoms with Crippen LogP contribution in [0.3, 0.4) is 0 Å². The van der Waals surface area contributed by atoms with Crippen LogP contribution in [0, 0.1) is 13.8 Å². The number of hydrogen-bond donors (Lipinski definition) is 1. The zero-order valence-electron chi connectivity index (χ0n) is 12.7. The Labute approximate surface area is 126 Å². The lowest BCUT2D eigenvalue weighted by molar-refractivity contribution is 0.594. The summed E-state index contributed by atoms with van der Waals surface area (Å²) in [6, 6.07) is 12.6. The molecule has 0 amide bonds. The first kappa shape index (κ1) is 15.4. The standard InChI is InChI=1S/C16H20N2O2S/c1-12-9-10-15(13(2)11-12)18(4)21(19,20)16-8-6-5-7-14(16)17-3/h5-11,17H,1-4H3. The van der Waals surface area contributed by atoms with E-state index in [1.165, 1.54) is 4.31 Å². The molecular formula is C16H20N2O2S. The van der Waals surface area contributed by atoms with Gasteiger partial charge in [0.1, 0.15) is 4.90 Å². The number of sulfonamides is 1. The van der Waals surface area contributed by atoms with Crippen molar-refractivity contribution in [3.8, 4) is 0 Å². The average Bonchev–Trinajstić information content (AvgIpc) is 2.46. The summed E-state index contributed by atoms with van der Waals surface area (Å²) in [6.07, 6.45) is 0. The van der Waals surface area contributed by atoms with E-state index in [1.54, 1.807) is 32.3 Å². The highest BCUT2D eigenvalue weighted by molar-refractivity contribution is 7.93. The van der Waals surface area contributed by atoms with Gasteiger partial charge in [0.25, 0.3) is 10.0 Å². The van der Waals surface area contributed by atoms with Crippen molar-refractivity contribution in [1.82, 2.24) is 0 Å². The van der Waals surface area contributed by atoms with Gasteiger partial charge in [0, 0.05) is 14.1 Å². The van der Waals surface area contributed by atoms with Gasteiger partial charge in [0.15, 0.2) is 0 Å². The van der Waals surface area contributed by atoms with E-state index < -0.39 is 10.0 Å². The first-order chi connectivity index (χ1) is 9.87. The van der Waals surface area contributed by atoms with Crippen LogP contribution < -0.4 is 9.62 Å². The van der Waals surface area contributed by atoms with Gasteiger partial charge in [-0.3, -0.25) is 4.31 Å². The predicted octanol–water partition coefficient (Wildman–Crippen LogP) is 3.17. The first-order valence-electron chi connectivity index (χ1n) is 6.71. The third-order valence-electron chi connectivity index (χ3n) is 3.49. The number of nitrogens with zero attached hydrogens (tertiary/aromatic N) is 1. The zero-order valence-corrected chi connectivity index (χ0v) is 13.5. The van der Waals surface area contributed by atoms with Crippen LogP contribution in [0.25, 0.3) is 0 Å². The molecule has 0 fully saturated rings. The number of anilines is 2. The highest BCUT2D eigenvalue weighted by atomic mass is 32.2. The van der Waals surface area contributed by atoms with Gasteiger partial charge < -0.3 is 5.32 Å². The minimum atomic E-state index is -3.60. The number of nitrogens with one attached hydrogen (secondary N) is 1. The summed E-state index contributed by atoms with van der Waals surface area (Å²) in [5.41, 5.74) is 3.32. The van der Waals surface area contributed by atoms with E-state index in [9.17, 15) is 8.42 Å². The third kappa shape index (κ3) is 2.88. The minimum Gasteiger partial charge on any atom is -0.387 e. The molecule has 21 heavy (non-hydrogen) atoms. The first-order valence-corrected chi connectivity index (χ1v) is 8.15. The summed E-state index contributed by atoms with van der Waals surface area (Å²) < 4.78 is 27.0. The van der Waals surface area contributed by atoms with E-state index in [0.29, 0.717) is 11.4 Å². The van der Waals surface area contributed by atoms with Crippen molar-refractivity contribution in [2.75, 3.05) is 23.7 Å². The molecule has 0 saturated heterocycles. The monoisotopic (exact) mass is 304 g/mol. The van der Waals surface area contributed by atoms with Crippen molar-refractivity contribution in [2.24, 2.45) is 0 Å². The summed E-state index contributed by atoms with van der Waals surface area (Å²) in [5.74, 6) is 0. The highest BCUT2D eigenvalue weighted by Crippen LogP contribution is 2.29. The molecule has 0 atom stereocenters. The van der Waals surface area contributed by atoms with E-state index >= 15 is 0 Å². The lowest BCUT2D eigenvalue weighted by Crippen LogP contribution is -2.27. The smallest absolute Gasteiger partial charge is 0.266 e. The number of rotatable bonds is 4.